The van der Waals surface area contributed by atoms with E-state index in [0.717, 1.165) is 32.1 Å². The molecule has 0 saturated heterocycles. The lowest BCUT2D eigenvalue weighted by Crippen LogP contribution is -2.61. The summed E-state index contributed by atoms with van der Waals surface area (Å²) in [5, 5.41) is 21.4. The summed E-state index contributed by atoms with van der Waals surface area (Å²) in [6, 6.07) is 0.0951. The van der Waals surface area contributed by atoms with Crippen molar-refractivity contribution in [3.05, 3.63) is 17.8 Å². The molecule has 8 heteroatoms. The molecule has 8 nitrogen and oxygen atoms in total. The Morgan fingerprint density at radius 3 is 2.56 bits per heavy atom. The maximum absolute atomic E-state index is 13.4. The van der Waals surface area contributed by atoms with Crippen molar-refractivity contribution in [2.75, 3.05) is 13.2 Å². The Kier molecular flexibility index (Phi) is 6.82. The zero-order valence-corrected chi connectivity index (χ0v) is 21.1. The van der Waals surface area contributed by atoms with Crippen LogP contribution in [-0.4, -0.2) is 51.5 Å². The van der Waals surface area contributed by atoms with Crippen LogP contribution in [0.25, 0.3) is 6.20 Å². The van der Waals surface area contributed by atoms with E-state index < -0.39 is 5.60 Å². The number of aromatic nitrogens is 2. The van der Waals surface area contributed by atoms with E-state index in [1.54, 1.807) is 17.1 Å². The summed E-state index contributed by atoms with van der Waals surface area (Å²) < 4.78 is 7.66. The number of nitrogens with zero attached hydrogens (tertiary/aromatic N) is 2. The summed E-state index contributed by atoms with van der Waals surface area (Å²) >= 11 is 0. The molecule has 4 bridgehead atoms. The number of nitrogens with one attached hydrogen (secondary N) is 2. The van der Waals surface area contributed by atoms with Crippen molar-refractivity contribution in [1.82, 2.24) is 20.4 Å². The third-order valence-corrected chi connectivity index (χ3v) is 7.55. The maximum atomic E-state index is 13.4. The molecule has 0 aliphatic heterocycles. The van der Waals surface area contributed by atoms with Crippen molar-refractivity contribution in [2.45, 2.75) is 78.4 Å². The van der Waals surface area contributed by atoms with Gasteiger partial charge in [0, 0.05) is 31.1 Å². The highest BCUT2D eigenvalue weighted by Crippen LogP contribution is 2.55. The van der Waals surface area contributed by atoms with E-state index in [9.17, 15) is 14.7 Å². The van der Waals surface area contributed by atoms with Crippen LogP contribution in [0.3, 0.4) is 0 Å². The van der Waals surface area contributed by atoms with Crippen molar-refractivity contribution in [3.8, 4) is 5.88 Å². The van der Waals surface area contributed by atoms with Gasteiger partial charge in [0.25, 0.3) is 5.91 Å². The van der Waals surface area contributed by atoms with E-state index in [1.165, 1.54) is 6.92 Å². The van der Waals surface area contributed by atoms with Crippen molar-refractivity contribution in [3.63, 3.8) is 0 Å². The minimum Gasteiger partial charge on any atom is -0.477 e. The zero-order valence-electron chi connectivity index (χ0n) is 21.1. The summed E-state index contributed by atoms with van der Waals surface area (Å²) in [6.07, 6.45) is 9.99. The largest absolute Gasteiger partial charge is 0.477 e. The van der Waals surface area contributed by atoms with Crippen LogP contribution in [0.15, 0.2) is 12.3 Å². The molecule has 4 fully saturated rings. The van der Waals surface area contributed by atoms with Crippen LogP contribution >= 0.6 is 0 Å². The molecule has 2 amide bonds. The van der Waals surface area contributed by atoms with Gasteiger partial charge in [-0.3, -0.25) is 9.59 Å². The predicted molar refractivity (Wildman–Crippen MR) is 130 cm³/mol. The molecule has 4 saturated carbocycles. The number of carbonyl (C=O) groups excluding carboxylic acids is 2. The Hall–Kier alpha value is -2.35. The van der Waals surface area contributed by atoms with Gasteiger partial charge < -0.3 is 20.5 Å². The molecule has 1 aromatic heterocycles. The van der Waals surface area contributed by atoms with Gasteiger partial charge in [-0.1, -0.05) is 33.8 Å². The average molecular weight is 473 g/mol. The second-order valence-corrected chi connectivity index (χ2v) is 11.9. The molecule has 0 aromatic carbocycles. The van der Waals surface area contributed by atoms with E-state index in [2.05, 4.69) is 29.6 Å². The molecule has 2 unspecified atom stereocenters. The lowest BCUT2D eigenvalue weighted by atomic mass is 9.52. The minimum absolute atomic E-state index is 0.0719. The van der Waals surface area contributed by atoms with E-state index in [1.807, 2.05) is 19.9 Å². The Balaban J connectivity index is 1.51. The first-order valence-electron chi connectivity index (χ1n) is 12.6. The second-order valence-electron chi connectivity index (χ2n) is 11.9. The first kappa shape index (κ1) is 24.8. The second kappa shape index (κ2) is 9.36. The Labute approximate surface area is 202 Å². The molecule has 2 atom stereocenters. The van der Waals surface area contributed by atoms with Gasteiger partial charge in [-0.15, -0.1) is 0 Å². The first-order chi connectivity index (χ1) is 15.9. The molecular formula is C26H40N4O4. The normalized spacial score (nSPS) is 30.2. The predicted octanol–water partition coefficient (Wildman–Crippen LogP) is 3.22. The number of amides is 2. The topological polar surface area (TPSA) is 105 Å². The summed E-state index contributed by atoms with van der Waals surface area (Å²) in [4.78, 5) is 24.7. The van der Waals surface area contributed by atoms with Crippen molar-refractivity contribution in [1.29, 1.82) is 0 Å². The summed E-state index contributed by atoms with van der Waals surface area (Å²) in [6.45, 7) is 10.6. The van der Waals surface area contributed by atoms with Crippen LogP contribution in [0.2, 0.25) is 0 Å². The highest BCUT2D eigenvalue weighted by Gasteiger charge is 2.55. The lowest BCUT2D eigenvalue weighted by Gasteiger charge is -2.58. The number of ether oxygens (including phenoxy) is 1. The molecule has 1 heterocycles. The monoisotopic (exact) mass is 472 g/mol. The smallest absolute Gasteiger partial charge is 0.258 e. The Bertz CT molecular complexity index is 935. The molecule has 0 spiro atoms. The Morgan fingerprint density at radius 2 is 1.97 bits per heavy atom. The van der Waals surface area contributed by atoms with E-state index in [0.29, 0.717) is 48.3 Å². The van der Waals surface area contributed by atoms with Gasteiger partial charge in [0.15, 0.2) is 0 Å². The molecule has 34 heavy (non-hydrogen) atoms. The van der Waals surface area contributed by atoms with E-state index in [4.69, 9.17) is 4.74 Å². The highest BCUT2D eigenvalue weighted by molar-refractivity contribution is 5.96. The quantitative estimate of drug-likeness (QED) is 0.512. The molecule has 1 aromatic rings. The van der Waals surface area contributed by atoms with E-state index in [-0.39, 0.29) is 23.3 Å². The molecule has 0 radical (unpaired) electrons. The van der Waals surface area contributed by atoms with Gasteiger partial charge in [0.2, 0.25) is 11.8 Å². The number of hydrogen-bond donors (Lipinski definition) is 3. The van der Waals surface area contributed by atoms with Gasteiger partial charge >= 0.3 is 0 Å². The van der Waals surface area contributed by atoms with Gasteiger partial charge in [0.1, 0.15) is 5.56 Å². The summed E-state index contributed by atoms with van der Waals surface area (Å²) in [5.74, 6) is 1.76. The fraction of sp³-hybridized carbons (Fsp3) is 0.731. The number of carbonyl (C=O) groups is 2. The van der Waals surface area contributed by atoms with Gasteiger partial charge in [0.05, 0.1) is 18.4 Å². The average Bonchev–Trinajstić information content (AvgIpc) is 3.14. The molecule has 5 rings (SSSR count). The Morgan fingerprint density at radius 1 is 1.29 bits per heavy atom. The van der Waals surface area contributed by atoms with Crippen LogP contribution in [-0.2, 0) is 4.79 Å². The first-order valence-corrected chi connectivity index (χ1v) is 12.6. The van der Waals surface area contributed by atoms with Gasteiger partial charge in [-0.2, -0.15) is 5.10 Å². The number of aliphatic hydroxyl groups is 1. The van der Waals surface area contributed by atoms with Crippen molar-refractivity contribution >= 4 is 18.0 Å². The summed E-state index contributed by atoms with van der Waals surface area (Å²) in [5.41, 5.74) is -0.392. The molecule has 4 aliphatic rings. The van der Waals surface area contributed by atoms with Crippen LogP contribution < -0.4 is 15.4 Å². The number of rotatable bonds is 9. The fourth-order valence-electron chi connectivity index (χ4n) is 6.13. The zero-order chi connectivity index (χ0) is 24.7. The lowest BCUT2D eigenvalue weighted by molar-refractivity contribution is -0.137. The molecular weight excluding hydrogens is 432 g/mol. The fourth-order valence-corrected chi connectivity index (χ4v) is 6.13. The third-order valence-electron chi connectivity index (χ3n) is 7.55. The van der Waals surface area contributed by atoms with Crippen molar-refractivity contribution < 1.29 is 19.4 Å². The van der Waals surface area contributed by atoms with E-state index >= 15 is 0 Å². The molecule has 4 aliphatic carbocycles. The molecule has 3 N–H and O–H groups in total. The summed E-state index contributed by atoms with van der Waals surface area (Å²) in [7, 11) is 0. The van der Waals surface area contributed by atoms with Crippen LogP contribution in [0, 0.1) is 29.1 Å². The number of hydrogen-bond acceptors (Lipinski definition) is 5. The van der Waals surface area contributed by atoms with Crippen LogP contribution in [0.5, 0.6) is 5.88 Å². The van der Waals surface area contributed by atoms with Gasteiger partial charge in [-0.05, 0) is 55.8 Å². The minimum atomic E-state index is -0.525. The molecule has 188 valence electrons. The standard InChI is InChI=1S/C26H40N4O4/c1-16(2)14-34-24-21(13-28-30(24)7-6-25(4,5)15-27-17(3)31)23(32)29-22-19-8-18-9-20(22)12-26(33,10-18)11-19/h6-7,13,16,18-20,22,33H,8-12,14-15H2,1-5H3,(H,27,31)(H,29,32)/b7-6+. The maximum Gasteiger partial charge on any atom is 0.258 e. The third kappa shape index (κ3) is 5.48. The van der Waals surface area contributed by atoms with Crippen LogP contribution in [0.1, 0.15) is 77.1 Å². The SMILES string of the molecule is CC(=O)NCC(C)(C)/C=C/n1ncc(C(=O)NC2C3CC4CC2CC(O)(C4)C3)c1OCC(C)C. The van der Waals surface area contributed by atoms with Crippen molar-refractivity contribution in [2.24, 2.45) is 29.1 Å². The van der Waals surface area contributed by atoms with Crippen LogP contribution in [0.4, 0.5) is 0 Å². The highest BCUT2D eigenvalue weighted by atomic mass is 16.5. The van der Waals surface area contributed by atoms with Gasteiger partial charge in [-0.25, -0.2) is 4.68 Å².